The van der Waals surface area contributed by atoms with Crippen LogP contribution in [0.1, 0.15) is 11.1 Å². The lowest BCUT2D eigenvalue weighted by molar-refractivity contribution is -0.130. The molecule has 3 N–H and O–H groups in total. The number of imide groups is 1. The number of hydrogen-bond donors (Lipinski definition) is 3. The van der Waals surface area contributed by atoms with Crippen LogP contribution >= 0.6 is 15.9 Å². The molecule has 3 aliphatic rings. The summed E-state index contributed by atoms with van der Waals surface area (Å²) in [4.78, 5) is 46.5. The highest BCUT2D eigenvalue weighted by Gasteiger charge is 2.70. The third-order valence-electron chi connectivity index (χ3n) is 8.12. The highest BCUT2D eigenvalue weighted by atomic mass is 79.9. The number of fused-ring (bicyclic) bond motifs is 5. The van der Waals surface area contributed by atoms with Crippen LogP contribution in [0.15, 0.2) is 77.4 Å². The smallest absolute Gasteiger partial charge is 0.250 e. The zero-order valence-corrected chi connectivity index (χ0v) is 21.9. The Balaban J connectivity index is 1.37. The van der Waals surface area contributed by atoms with Crippen LogP contribution in [0.2, 0.25) is 0 Å². The molecule has 4 aromatic rings. The topological polar surface area (TPSA) is 104 Å². The number of methoxy groups -OCH3 is 1. The molecule has 2 unspecified atom stereocenters. The standard InChI is InChI=1S/C29H23BrN4O4/c1-38-18-9-7-17(8-10-18)34-26(35)24-23(12-15-14-31-21-5-3-2-4-19(15)21)33-29(25(24)27(34)36)20-13-16(30)6-11-22(20)32-28(29)37/h2-11,13-14,23-25,31,33H,12H2,1H3,(H,32,37)/t23?,24-,25+,29?/m1/s1. The lowest BCUT2D eigenvalue weighted by atomic mass is 9.76. The van der Waals surface area contributed by atoms with E-state index in [0.29, 0.717) is 29.1 Å². The van der Waals surface area contributed by atoms with Crippen molar-refractivity contribution >= 4 is 55.9 Å². The predicted octanol–water partition coefficient (Wildman–Crippen LogP) is 4.11. The van der Waals surface area contributed by atoms with E-state index in [1.165, 1.54) is 4.90 Å². The molecular formula is C29H23BrN4O4. The number of anilines is 2. The molecule has 2 fully saturated rings. The molecule has 9 heteroatoms. The van der Waals surface area contributed by atoms with Gasteiger partial charge < -0.3 is 15.0 Å². The second-order valence-electron chi connectivity index (χ2n) is 9.98. The first-order chi connectivity index (χ1) is 18.4. The van der Waals surface area contributed by atoms with Crippen LogP contribution in [-0.4, -0.2) is 35.9 Å². The number of aromatic amines is 1. The van der Waals surface area contributed by atoms with Gasteiger partial charge in [-0.2, -0.15) is 0 Å². The molecule has 3 aliphatic heterocycles. The van der Waals surface area contributed by atoms with Crippen molar-refractivity contribution in [2.75, 3.05) is 17.3 Å². The summed E-state index contributed by atoms with van der Waals surface area (Å²) in [6, 6.07) is 19.9. The van der Waals surface area contributed by atoms with Gasteiger partial charge in [-0.1, -0.05) is 34.1 Å². The number of carbonyl (C=O) groups is 3. The number of carbonyl (C=O) groups excluding carboxylic acids is 3. The summed E-state index contributed by atoms with van der Waals surface area (Å²) in [5.74, 6) is -2.02. The summed E-state index contributed by atoms with van der Waals surface area (Å²) in [6.07, 6.45) is 2.41. The Morgan fingerprint density at radius 2 is 1.79 bits per heavy atom. The lowest BCUT2D eigenvalue weighted by Crippen LogP contribution is -2.53. The molecule has 190 valence electrons. The maximum absolute atomic E-state index is 14.2. The van der Waals surface area contributed by atoms with Crippen LogP contribution in [0, 0.1) is 11.8 Å². The van der Waals surface area contributed by atoms with Gasteiger partial charge in [0.25, 0.3) is 0 Å². The van der Waals surface area contributed by atoms with E-state index in [9.17, 15) is 14.4 Å². The molecule has 8 nitrogen and oxygen atoms in total. The molecule has 0 aliphatic carbocycles. The summed E-state index contributed by atoms with van der Waals surface area (Å²) in [6.45, 7) is 0. The molecule has 0 radical (unpaired) electrons. The van der Waals surface area contributed by atoms with E-state index < -0.39 is 23.4 Å². The van der Waals surface area contributed by atoms with Gasteiger partial charge in [0.2, 0.25) is 17.7 Å². The molecule has 7 rings (SSSR count). The molecule has 4 heterocycles. The number of nitrogens with zero attached hydrogens (tertiary/aromatic N) is 1. The Morgan fingerprint density at radius 1 is 1.00 bits per heavy atom. The Bertz CT molecular complexity index is 1650. The highest BCUT2D eigenvalue weighted by molar-refractivity contribution is 9.10. The first-order valence-corrected chi connectivity index (χ1v) is 13.2. The minimum absolute atomic E-state index is 0.310. The number of rotatable bonds is 4. The van der Waals surface area contributed by atoms with E-state index in [1.54, 1.807) is 31.4 Å². The molecule has 1 spiro atoms. The minimum Gasteiger partial charge on any atom is -0.497 e. The quantitative estimate of drug-likeness (QED) is 0.320. The average Bonchev–Trinajstić information content (AvgIpc) is 3.63. The summed E-state index contributed by atoms with van der Waals surface area (Å²) < 4.78 is 6.04. The van der Waals surface area contributed by atoms with Gasteiger partial charge in [-0.25, -0.2) is 4.90 Å². The summed E-state index contributed by atoms with van der Waals surface area (Å²) in [5.41, 5.74) is 2.42. The van der Waals surface area contributed by atoms with Gasteiger partial charge in [0.1, 0.15) is 11.3 Å². The molecule has 1 aromatic heterocycles. The van der Waals surface area contributed by atoms with Crippen molar-refractivity contribution in [2.24, 2.45) is 11.8 Å². The van der Waals surface area contributed by atoms with Gasteiger partial charge >= 0.3 is 0 Å². The first-order valence-electron chi connectivity index (χ1n) is 12.4. The monoisotopic (exact) mass is 570 g/mol. The number of H-pyrrole nitrogens is 1. The average molecular weight is 571 g/mol. The number of hydrogen-bond acceptors (Lipinski definition) is 5. The largest absolute Gasteiger partial charge is 0.497 e. The van der Waals surface area contributed by atoms with Gasteiger partial charge in [-0.15, -0.1) is 0 Å². The molecule has 3 aromatic carbocycles. The van der Waals surface area contributed by atoms with Crippen molar-refractivity contribution in [1.82, 2.24) is 10.3 Å². The Kier molecular flexibility index (Phi) is 5.05. The van der Waals surface area contributed by atoms with Crippen LogP contribution < -0.4 is 20.3 Å². The molecular weight excluding hydrogens is 548 g/mol. The van der Waals surface area contributed by atoms with Crippen LogP contribution in [0.3, 0.4) is 0 Å². The third-order valence-corrected chi connectivity index (χ3v) is 8.62. The van der Waals surface area contributed by atoms with Gasteiger partial charge in [0, 0.05) is 38.9 Å². The molecule has 3 amide bonds. The van der Waals surface area contributed by atoms with Crippen molar-refractivity contribution < 1.29 is 19.1 Å². The Hall–Kier alpha value is -3.95. The second kappa shape index (κ2) is 8.28. The number of halogens is 1. The summed E-state index contributed by atoms with van der Waals surface area (Å²) >= 11 is 3.52. The number of ether oxygens (including phenoxy) is 1. The van der Waals surface area contributed by atoms with E-state index in [0.717, 1.165) is 20.9 Å². The van der Waals surface area contributed by atoms with E-state index in [-0.39, 0.29) is 17.7 Å². The summed E-state index contributed by atoms with van der Waals surface area (Å²) in [7, 11) is 1.56. The number of aromatic nitrogens is 1. The van der Waals surface area contributed by atoms with Crippen molar-refractivity contribution in [1.29, 1.82) is 0 Å². The van der Waals surface area contributed by atoms with Gasteiger partial charge in [0.05, 0.1) is 24.6 Å². The zero-order chi connectivity index (χ0) is 26.2. The van der Waals surface area contributed by atoms with Gasteiger partial charge in [-0.3, -0.25) is 19.7 Å². The molecule has 0 bridgehead atoms. The Morgan fingerprint density at radius 3 is 2.58 bits per heavy atom. The number of benzene rings is 3. The fourth-order valence-electron chi connectivity index (χ4n) is 6.47. The Labute approximate surface area is 226 Å². The minimum atomic E-state index is -1.37. The first kappa shape index (κ1) is 23.2. The third kappa shape index (κ3) is 3.09. The van der Waals surface area contributed by atoms with E-state index in [1.807, 2.05) is 48.7 Å². The van der Waals surface area contributed by atoms with Crippen molar-refractivity contribution in [3.8, 4) is 5.75 Å². The lowest BCUT2D eigenvalue weighted by Gasteiger charge is -2.29. The van der Waals surface area contributed by atoms with Gasteiger partial charge in [0.15, 0.2) is 0 Å². The van der Waals surface area contributed by atoms with Crippen LogP contribution in [0.4, 0.5) is 11.4 Å². The predicted molar refractivity (Wildman–Crippen MR) is 146 cm³/mol. The van der Waals surface area contributed by atoms with E-state index >= 15 is 0 Å². The van der Waals surface area contributed by atoms with Crippen molar-refractivity contribution in [2.45, 2.75) is 18.0 Å². The maximum atomic E-state index is 14.2. The van der Waals surface area contributed by atoms with Crippen LogP contribution in [0.5, 0.6) is 5.75 Å². The normalized spacial score (nSPS) is 25.8. The SMILES string of the molecule is COc1ccc(N2C(=O)[C@@H]3C(Cc4c[nH]c5ccccc45)NC4(C(=O)Nc5ccc(Br)cc54)[C@@H]3C2=O)cc1. The van der Waals surface area contributed by atoms with Crippen LogP contribution in [-0.2, 0) is 26.3 Å². The number of para-hydroxylation sites is 1. The zero-order valence-electron chi connectivity index (χ0n) is 20.3. The molecule has 2 saturated heterocycles. The van der Waals surface area contributed by atoms with E-state index in [4.69, 9.17) is 4.74 Å². The summed E-state index contributed by atoms with van der Waals surface area (Å²) in [5, 5.41) is 7.53. The number of nitrogens with one attached hydrogen (secondary N) is 3. The molecule has 4 atom stereocenters. The van der Waals surface area contributed by atoms with Crippen molar-refractivity contribution in [3.05, 3.63) is 88.5 Å². The highest BCUT2D eigenvalue weighted by Crippen LogP contribution is 2.54. The fraction of sp³-hybridized carbons (Fsp3) is 0.207. The molecule has 0 saturated carbocycles. The maximum Gasteiger partial charge on any atom is 0.250 e. The molecule has 38 heavy (non-hydrogen) atoms. The number of amides is 3. The van der Waals surface area contributed by atoms with Gasteiger partial charge in [-0.05, 0) is 60.5 Å². The second-order valence-corrected chi connectivity index (χ2v) is 10.9. The fourth-order valence-corrected chi connectivity index (χ4v) is 6.83. The van der Waals surface area contributed by atoms with Crippen LogP contribution in [0.25, 0.3) is 10.9 Å². The van der Waals surface area contributed by atoms with Crippen molar-refractivity contribution in [3.63, 3.8) is 0 Å². The van der Waals surface area contributed by atoms with E-state index in [2.05, 4.69) is 31.5 Å².